The van der Waals surface area contributed by atoms with Crippen LogP contribution in [0.1, 0.15) is 27.2 Å². The molecule has 0 aliphatic carbocycles. The molecule has 0 aromatic carbocycles. The summed E-state index contributed by atoms with van der Waals surface area (Å²) in [5.74, 6) is -0.0685. The summed E-state index contributed by atoms with van der Waals surface area (Å²) < 4.78 is 5.31. The molecule has 2 N–H and O–H groups in total. The average molecular weight is 257 g/mol. The van der Waals surface area contributed by atoms with Crippen molar-refractivity contribution in [1.82, 2.24) is 9.80 Å². The monoisotopic (exact) mass is 257 g/mol. The van der Waals surface area contributed by atoms with E-state index in [4.69, 9.17) is 10.5 Å². The zero-order valence-corrected chi connectivity index (χ0v) is 11.4. The number of nitrogens with two attached hydrogens (primary N) is 1. The molecule has 0 aromatic rings. The van der Waals surface area contributed by atoms with Gasteiger partial charge in [-0.15, -0.1) is 0 Å². The quantitative estimate of drug-likeness (QED) is 0.738. The summed E-state index contributed by atoms with van der Waals surface area (Å²) in [5, 5.41) is 0. The van der Waals surface area contributed by atoms with Crippen LogP contribution >= 0.6 is 0 Å². The topological polar surface area (TPSA) is 75.9 Å². The normalized spacial score (nSPS) is 17.3. The molecule has 0 saturated carbocycles. The van der Waals surface area contributed by atoms with Gasteiger partial charge in [0.2, 0.25) is 5.91 Å². The van der Waals surface area contributed by atoms with E-state index in [1.807, 2.05) is 20.8 Å². The molecule has 1 aliphatic rings. The third-order valence-corrected chi connectivity index (χ3v) is 2.67. The van der Waals surface area contributed by atoms with E-state index in [2.05, 4.69) is 0 Å². The van der Waals surface area contributed by atoms with E-state index in [0.717, 1.165) is 6.42 Å². The first kappa shape index (κ1) is 14.8. The van der Waals surface area contributed by atoms with Gasteiger partial charge in [-0.05, 0) is 27.2 Å². The van der Waals surface area contributed by atoms with Gasteiger partial charge in [0.05, 0.1) is 6.54 Å². The molecule has 1 aliphatic heterocycles. The van der Waals surface area contributed by atoms with Crippen LogP contribution < -0.4 is 5.73 Å². The summed E-state index contributed by atoms with van der Waals surface area (Å²) >= 11 is 0. The van der Waals surface area contributed by atoms with Crippen LogP contribution in [0.25, 0.3) is 0 Å². The fourth-order valence-electron chi connectivity index (χ4n) is 1.81. The fraction of sp³-hybridized carbons (Fsp3) is 0.833. The third kappa shape index (κ3) is 4.52. The number of rotatable bonds is 1. The molecule has 6 nitrogen and oxygen atoms in total. The molecule has 1 saturated heterocycles. The van der Waals surface area contributed by atoms with Crippen molar-refractivity contribution in [2.75, 3.05) is 32.7 Å². The van der Waals surface area contributed by atoms with Crippen molar-refractivity contribution in [1.29, 1.82) is 0 Å². The SMILES string of the molecule is CC(C)(C)OC(=O)N1CCCN(C(=O)CN)CC1. The number of hydrogen-bond acceptors (Lipinski definition) is 4. The van der Waals surface area contributed by atoms with Gasteiger partial charge in [-0.1, -0.05) is 0 Å². The van der Waals surface area contributed by atoms with Gasteiger partial charge in [0, 0.05) is 26.2 Å². The Labute approximate surface area is 108 Å². The Morgan fingerprint density at radius 3 is 2.22 bits per heavy atom. The van der Waals surface area contributed by atoms with Crippen molar-refractivity contribution in [2.45, 2.75) is 32.8 Å². The lowest BCUT2D eigenvalue weighted by molar-refractivity contribution is -0.129. The number of carbonyl (C=O) groups excluding carboxylic acids is 2. The van der Waals surface area contributed by atoms with Crippen molar-refractivity contribution < 1.29 is 14.3 Å². The second kappa shape index (κ2) is 6.04. The Morgan fingerprint density at radius 2 is 1.67 bits per heavy atom. The highest BCUT2D eigenvalue weighted by molar-refractivity contribution is 5.78. The Bertz CT molecular complexity index is 312. The summed E-state index contributed by atoms with van der Waals surface area (Å²) in [6.45, 7) is 7.83. The summed E-state index contributed by atoms with van der Waals surface area (Å²) in [7, 11) is 0. The summed E-state index contributed by atoms with van der Waals surface area (Å²) in [6.07, 6.45) is 0.440. The molecule has 1 heterocycles. The zero-order valence-electron chi connectivity index (χ0n) is 11.4. The Balaban J connectivity index is 2.51. The van der Waals surface area contributed by atoms with Gasteiger partial charge >= 0.3 is 6.09 Å². The minimum absolute atomic E-state index is 0.0203. The molecule has 1 rings (SSSR count). The molecule has 0 spiro atoms. The van der Waals surface area contributed by atoms with Gasteiger partial charge in [0.25, 0.3) is 0 Å². The fourth-order valence-corrected chi connectivity index (χ4v) is 1.81. The Morgan fingerprint density at radius 1 is 1.11 bits per heavy atom. The lowest BCUT2D eigenvalue weighted by Crippen LogP contribution is -2.41. The van der Waals surface area contributed by atoms with Crippen LogP contribution in [0.3, 0.4) is 0 Å². The predicted molar refractivity (Wildman–Crippen MR) is 68.1 cm³/mol. The lowest BCUT2D eigenvalue weighted by Gasteiger charge is -2.26. The van der Waals surface area contributed by atoms with Gasteiger partial charge in [0.1, 0.15) is 5.60 Å². The van der Waals surface area contributed by atoms with Gasteiger partial charge in [-0.3, -0.25) is 4.79 Å². The third-order valence-electron chi connectivity index (χ3n) is 2.67. The second-order valence-corrected chi connectivity index (χ2v) is 5.41. The molecule has 0 radical (unpaired) electrons. The molecule has 2 amide bonds. The molecule has 6 heteroatoms. The number of amides is 2. The van der Waals surface area contributed by atoms with Crippen LogP contribution in [0.15, 0.2) is 0 Å². The standard InChI is InChI=1S/C12H23N3O3/c1-12(2,3)18-11(17)15-6-4-5-14(7-8-15)10(16)9-13/h4-9,13H2,1-3H3. The van der Waals surface area contributed by atoms with Gasteiger partial charge < -0.3 is 20.3 Å². The summed E-state index contributed by atoms with van der Waals surface area (Å²) in [5.41, 5.74) is 4.85. The van der Waals surface area contributed by atoms with Crippen LogP contribution in [0.4, 0.5) is 4.79 Å². The summed E-state index contributed by atoms with van der Waals surface area (Å²) in [4.78, 5) is 26.7. The van der Waals surface area contributed by atoms with Crippen molar-refractivity contribution in [3.05, 3.63) is 0 Å². The first-order valence-corrected chi connectivity index (χ1v) is 6.29. The number of hydrogen-bond donors (Lipinski definition) is 1. The highest BCUT2D eigenvalue weighted by Gasteiger charge is 2.25. The van der Waals surface area contributed by atoms with E-state index in [-0.39, 0.29) is 18.5 Å². The smallest absolute Gasteiger partial charge is 0.410 e. The van der Waals surface area contributed by atoms with Gasteiger partial charge in [-0.2, -0.15) is 0 Å². The number of ether oxygens (including phenoxy) is 1. The second-order valence-electron chi connectivity index (χ2n) is 5.41. The minimum atomic E-state index is -0.490. The predicted octanol–water partition coefficient (Wildman–Crippen LogP) is 0.415. The first-order valence-electron chi connectivity index (χ1n) is 6.29. The van der Waals surface area contributed by atoms with E-state index in [1.165, 1.54) is 0 Å². The molecule has 18 heavy (non-hydrogen) atoms. The number of carbonyl (C=O) groups is 2. The van der Waals surface area contributed by atoms with Crippen molar-refractivity contribution in [2.24, 2.45) is 5.73 Å². The molecule has 0 aromatic heterocycles. The highest BCUT2D eigenvalue weighted by atomic mass is 16.6. The zero-order chi connectivity index (χ0) is 13.8. The van der Waals surface area contributed by atoms with E-state index < -0.39 is 5.60 Å². The van der Waals surface area contributed by atoms with E-state index >= 15 is 0 Å². The first-order chi connectivity index (χ1) is 8.33. The van der Waals surface area contributed by atoms with Gasteiger partial charge in [-0.25, -0.2) is 4.79 Å². The molecular weight excluding hydrogens is 234 g/mol. The maximum absolute atomic E-state index is 11.9. The van der Waals surface area contributed by atoms with Crippen LogP contribution in [0, 0.1) is 0 Å². The molecular formula is C12H23N3O3. The minimum Gasteiger partial charge on any atom is -0.444 e. The van der Waals surface area contributed by atoms with Crippen LogP contribution in [0.5, 0.6) is 0 Å². The van der Waals surface area contributed by atoms with E-state index in [9.17, 15) is 9.59 Å². The number of nitrogens with zero attached hydrogens (tertiary/aromatic N) is 2. The Kier molecular flexibility index (Phi) is 4.95. The Hall–Kier alpha value is -1.30. The highest BCUT2D eigenvalue weighted by Crippen LogP contribution is 2.12. The molecule has 104 valence electrons. The van der Waals surface area contributed by atoms with Crippen molar-refractivity contribution in [3.63, 3.8) is 0 Å². The van der Waals surface area contributed by atoms with Gasteiger partial charge in [0.15, 0.2) is 0 Å². The molecule has 0 atom stereocenters. The largest absolute Gasteiger partial charge is 0.444 e. The lowest BCUT2D eigenvalue weighted by atomic mass is 10.2. The van der Waals surface area contributed by atoms with Crippen LogP contribution in [-0.2, 0) is 9.53 Å². The maximum atomic E-state index is 11.9. The molecule has 0 unspecified atom stereocenters. The summed E-state index contributed by atoms with van der Waals surface area (Å²) in [6, 6.07) is 0. The molecule has 1 fully saturated rings. The van der Waals surface area contributed by atoms with Crippen molar-refractivity contribution >= 4 is 12.0 Å². The van der Waals surface area contributed by atoms with Crippen molar-refractivity contribution in [3.8, 4) is 0 Å². The van der Waals surface area contributed by atoms with E-state index in [1.54, 1.807) is 9.80 Å². The maximum Gasteiger partial charge on any atom is 0.410 e. The van der Waals surface area contributed by atoms with Crippen LogP contribution in [0.2, 0.25) is 0 Å². The molecule has 0 bridgehead atoms. The average Bonchev–Trinajstić information content (AvgIpc) is 2.51. The van der Waals surface area contributed by atoms with E-state index in [0.29, 0.717) is 26.2 Å². The van der Waals surface area contributed by atoms with Crippen LogP contribution in [-0.4, -0.2) is 60.1 Å².